The molecule has 2 nitrogen and oxygen atoms in total. The third kappa shape index (κ3) is 1.33. The highest BCUT2D eigenvalue weighted by atomic mass is 16.8. The second-order valence-electron chi connectivity index (χ2n) is 5.75. The molecule has 2 aromatic rings. The van der Waals surface area contributed by atoms with Crippen molar-refractivity contribution < 1.29 is 9.47 Å². The third-order valence-corrected chi connectivity index (χ3v) is 4.54. The lowest BCUT2D eigenvalue weighted by Crippen LogP contribution is -2.20. The van der Waals surface area contributed by atoms with E-state index in [-0.39, 0.29) is 0 Å². The summed E-state index contributed by atoms with van der Waals surface area (Å²) in [6, 6.07) is 20.4. The molecule has 0 saturated carbocycles. The Balaban J connectivity index is 1.69. The van der Waals surface area contributed by atoms with Gasteiger partial charge in [-0.15, -0.1) is 0 Å². The van der Waals surface area contributed by atoms with Crippen LogP contribution in [0.3, 0.4) is 0 Å². The minimum absolute atomic E-state index is 0.478. The predicted molar refractivity (Wildman–Crippen MR) is 84.7 cm³/mol. The van der Waals surface area contributed by atoms with Crippen LogP contribution in [-0.4, -0.2) is 5.60 Å². The molecular weight excluding hydrogens is 272 g/mol. The molecule has 2 heterocycles. The Morgan fingerprint density at radius 3 is 2.27 bits per heavy atom. The highest BCUT2D eigenvalue weighted by Crippen LogP contribution is 2.69. The van der Waals surface area contributed by atoms with E-state index >= 15 is 0 Å². The van der Waals surface area contributed by atoms with Crippen molar-refractivity contribution in [1.82, 2.24) is 0 Å². The molecule has 5 rings (SSSR count). The highest BCUT2D eigenvalue weighted by molar-refractivity contribution is 5.77. The SMILES string of the molecule is C1=CC2=C(c3ccccc3)OC3(c4ccccc4)OC23C=C1. The number of hydrogen-bond acceptors (Lipinski definition) is 2. The van der Waals surface area contributed by atoms with Gasteiger partial charge in [0.1, 0.15) is 5.76 Å². The molecule has 1 aliphatic carbocycles. The number of benzene rings is 2. The zero-order chi connectivity index (χ0) is 14.6. The van der Waals surface area contributed by atoms with Crippen LogP contribution in [0.15, 0.2) is 90.5 Å². The number of rotatable bonds is 2. The van der Waals surface area contributed by atoms with E-state index < -0.39 is 11.4 Å². The fourth-order valence-electron chi connectivity index (χ4n) is 3.47. The first kappa shape index (κ1) is 12.0. The summed E-state index contributed by atoms with van der Waals surface area (Å²) in [5.74, 6) is 0.201. The minimum atomic E-state index is -0.712. The van der Waals surface area contributed by atoms with Crippen LogP contribution in [0.2, 0.25) is 0 Å². The summed E-state index contributed by atoms with van der Waals surface area (Å²) >= 11 is 0. The summed E-state index contributed by atoms with van der Waals surface area (Å²) < 4.78 is 12.5. The summed E-state index contributed by atoms with van der Waals surface area (Å²) in [6.45, 7) is 0. The largest absolute Gasteiger partial charge is 0.453 e. The summed E-state index contributed by atoms with van der Waals surface area (Å²) in [5, 5.41) is 0. The van der Waals surface area contributed by atoms with Crippen molar-refractivity contribution in [3.63, 3.8) is 0 Å². The number of epoxide rings is 1. The molecule has 0 aromatic heterocycles. The molecule has 2 heteroatoms. The van der Waals surface area contributed by atoms with Crippen molar-refractivity contribution in [1.29, 1.82) is 0 Å². The first-order chi connectivity index (χ1) is 10.9. The molecule has 106 valence electrons. The standard InChI is InChI=1S/C20H14O2/c1-3-9-15(10-4-1)18-17-13-7-8-14-19(17)20(21-18,22-19)16-11-5-2-6-12-16/h1-14H. The van der Waals surface area contributed by atoms with E-state index in [9.17, 15) is 0 Å². The minimum Gasteiger partial charge on any atom is -0.453 e. The zero-order valence-corrected chi connectivity index (χ0v) is 11.9. The molecule has 0 bridgehead atoms. The first-order valence-electron chi connectivity index (χ1n) is 7.47. The van der Waals surface area contributed by atoms with E-state index in [2.05, 4.69) is 36.4 Å². The molecule has 2 unspecified atom stereocenters. The summed E-state index contributed by atoms with van der Waals surface area (Å²) in [4.78, 5) is 0. The van der Waals surface area contributed by atoms with E-state index in [4.69, 9.17) is 9.47 Å². The van der Waals surface area contributed by atoms with Gasteiger partial charge in [0.25, 0.3) is 5.79 Å². The van der Waals surface area contributed by atoms with Crippen LogP contribution in [0.4, 0.5) is 0 Å². The lowest BCUT2D eigenvalue weighted by Gasteiger charge is -2.14. The van der Waals surface area contributed by atoms with Gasteiger partial charge in [0, 0.05) is 16.7 Å². The van der Waals surface area contributed by atoms with Crippen LogP contribution in [0.25, 0.3) is 5.76 Å². The van der Waals surface area contributed by atoms with Crippen LogP contribution in [0.5, 0.6) is 0 Å². The second kappa shape index (κ2) is 3.99. The summed E-state index contributed by atoms with van der Waals surface area (Å²) in [6.07, 6.45) is 8.27. The Bertz CT molecular complexity index is 833. The van der Waals surface area contributed by atoms with Crippen molar-refractivity contribution in [2.24, 2.45) is 0 Å². The fraction of sp³-hybridized carbons (Fsp3) is 0.100. The van der Waals surface area contributed by atoms with Gasteiger partial charge in [-0.2, -0.15) is 0 Å². The zero-order valence-electron chi connectivity index (χ0n) is 11.9. The number of ether oxygens (including phenoxy) is 2. The predicted octanol–water partition coefficient (Wildman–Crippen LogP) is 4.18. The summed E-state index contributed by atoms with van der Waals surface area (Å²) in [5.41, 5.74) is 2.76. The second-order valence-corrected chi connectivity index (χ2v) is 5.75. The van der Waals surface area contributed by atoms with Crippen molar-refractivity contribution in [2.75, 3.05) is 0 Å². The maximum atomic E-state index is 6.39. The average Bonchev–Trinajstić information content (AvgIpc) is 3.14. The van der Waals surface area contributed by atoms with E-state index in [1.807, 2.05) is 48.6 Å². The molecule has 1 spiro atoms. The van der Waals surface area contributed by atoms with Gasteiger partial charge < -0.3 is 9.47 Å². The van der Waals surface area contributed by atoms with Gasteiger partial charge in [-0.05, 0) is 6.08 Å². The molecule has 0 amide bonds. The van der Waals surface area contributed by atoms with Crippen LogP contribution >= 0.6 is 0 Å². The molecule has 2 aliphatic heterocycles. The Kier molecular flexibility index (Phi) is 2.18. The van der Waals surface area contributed by atoms with Crippen molar-refractivity contribution in [3.05, 3.63) is 102 Å². The quantitative estimate of drug-likeness (QED) is 0.773. The van der Waals surface area contributed by atoms with Gasteiger partial charge in [0.05, 0.1) is 0 Å². The van der Waals surface area contributed by atoms with Crippen molar-refractivity contribution in [3.8, 4) is 0 Å². The molecular formula is C20H14O2. The van der Waals surface area contributed by atoms with Crippen molar-refractivity contribution in [2.45, 2.75) is 11.4 Å². The lowest BCUT2D eigenvalue weighted by molar-refractivity contribution is 0.0325. The maximum Gasteiger partial charge on any atom is 0.276 e. The van der Waals surface area contributed by atoms with E-state index in [1.165, 1.54) is 0 Å². The van der Waals surface area contributed by atoms with E-state index in [0.717, 1.165) is 22.5 Å². The molecule has 3 aliphatic rings. The van der Waals surface area contributed by atoms with Gasteiger partial charge in [0.2, 0.25) is 0 Å². The fourth-order valence-corrected chi connectivity index (χ4v) is 3.47. The van der Waals surface area contributed by atoms with Gasteiger partial charge in [-0.25, -0.2) is 0 Å². The average molecular weight is 286 g/mol. The Morgan fingerprint density at radius 1 is 0.773 bits per heavy atom. The molecule has 0 radical (unpaired) electrons. The maximum absolute atomic E-state index is 6.39. The molecule has 1 saturated heterocycles. The van der Waals surface area contributed by atoms with Crippen LogP contribution in [-0.2, 0) is 15.3 Å². The van der Waals surface area contributed by atoms with Crippen LogP contribution < -0.4 is 0 Å². The Hall–Kier alpha value is -2.58. The molecule has 2 aromatic carbocycles. The number of allylic oxidation sites excluding steroid dienone is 2. The molecule has 0 N–H and O–H groups in total. The van der Waals surface area contributed by atoms with Gasteiger partial charge in [-0.3, -0.25) is 0 Å². The molecule has 1 fully saturated rings. The van der Waals surface area contributed by atoms with Gasteiger partial charge >= 0.3 is 0 Å². The first-order valence-corrected chi connectivity index (χ1v) is 7.47. The normalized spacial score (nSPS) is 30.7. The third-order valence-electron chi connectivity index (χ3n) is 4.54. The topological polar surface area (TPSA) is 21.8 Å². The summed E-state index contributed by atoms with van der Waals surface area (Å²) in [7, 11) is 0. The molecule has 2 atom stereocenters. The highest BCUT2D eigenvalue weighted by Gasteiger charge is 2.79. The van der Waals surface area contributed by atoms with Crippen LogP contribution in [0, 0.1) is 0 Å². The van der Waals surface area contributed by atoms with E-state index in [1.54, 1.807) is 0 Å². The van der Waals surface area contributed by atoms with Crippen LogP contribution in [0.1, 0.15) is 11.1 Å². The molecule has 22 heavy (non-hydrogen) atoms. The monoisotopic (exact) mass is 286 g/mol. The lowest BCUT2D eigenvalue weighted by atomic mass is 9.87. The van der Waals surface area contributed by atoms with Gasteiger partial charge in [-0.1, -0.05) is 78.9 Å². The van der Waals surface area contributed by atoms with Crippen molar-refractivity contribution >= 4 is 5.76 Å². The van der Waals surface area contributed by atoms with E-state index in [0.29, 0.717) is 0 Å². The Labute approximate surface area is 129 Å². The number of hydrogen-bond donors (Lipinski definition) is 0. The smallest absolute Gasteiger partial charge is 0.276 e. The van der Waals surface area contributed by atoms with Gasteiger partial charge in [0.15, 0.2) is 5.60 Å². The Morgan fingerprint density at radius 2 is 1.50 bits per heavy atom.